The van der Waals surface area contributed by atoms with Crippen LogP contribution in [0, 0.1) is 0 Å². The summed E-state index contributed by atoms with van der Waals surface area (Å²) in [4.78, 5) is 26.9. The highest BCUT2D eigenvalue weighted by Crippen LogP contribution is 2.29. The Kier molecular flexibility index (Phi) is 7.60. The highest BCUT2D eigenvalue weighted by atomic mass is 16.5. The van der Waals surface area contributed by atoms with Crippen molar-refractivity contribution in [2.24, 2.45) is 0 Å². The smallest absolute Gasteiger partial charge is 0.328 e. The molecular formula is C27H35NO4. The van der Waals surface area contributed by atoms with Gasteiger partial charge in [0.25, 0.3) is 0 Å². The molecule has 172 valence electrons. The zero-order chi connectivity index (χ0) is 23.3. The molecular weight excluding hydrogens is 402 g/mol. The van der Waals surface area contributed by atoms with Crippen LogP contribution >= 0.6 is 0 Å². The van der Waals surface area contributed by atoms with Gasteiger partial charge in [0.1, 0.15) is 17.5 Å². The molecule has 5 heteroatoms. The monoisotopic (exact) mass is 437 g/mol. The third-order valence-corrected chi connectivity index (χ3v) is 6.17. The normalized spacial score (nSPS) is 15.3. The summed E-state index contributed by atoms with van der Waals surface area (Å²) in [5, 5.41) is 0. The van der Waals surface area contributed by atoms with Crippen LogP contribution in [-0.4, -0.2) is 36.0 Å². The fraction of sp³-hybridized carbons (Fsp3) is 0.481. The molecule has 0 heterocycles. The predicted octanol–water partition coefficient (Wildman–Crippen LogP) is 5.65. The average molecular weight is 438 g/mol. The zero-order valence-electron chi connectivity index (χ0n) is 19.9. The molecule has 1 fully saturated rings. The second-order valence-corrected chi connectivity index (χ2v) is 9.63. The van der Waals surface area contributed by atoms with Crippen molar-refractivity contribution in [2.75, 3.05) is 7.11 Å². The van der Waals surface area contributed by atoms with Gasteiger partial charge in [0, 0.05) is 19.4 Å². The summed E-state index contributed by atoms with van der Waals surface area (Å²) in [5.41, 5.74) is 2.26. The van der Waals surface area contributed by atoms with Crippen LogP contribution in [-0.2, 0) is 26.2 Å². The van der Waals surface area contributed by atoms with E-state index in [0.29, 0.717) is 12.2 Å². The third kappa shape index (κ3) is 5.90. The number of hydrogen-bond acceptors (Lipinski definition) is 4. The Balaban J connectivity index is 1.78. The van der Waals surface area contributed by atoms with Gasteiger partial charge in [-0.2, -0.15) is 0 Å². The number of benzene rings is 2. The lowest BCUT2D eigenvalue weighted by atomic mass is 9.87. The minimum atomic E-state index is -0.637. The van der Waals surface area contributed by atoms with E-state index in [4.69, 9.17) is 9.47 Å². The molecule has 0 radical (unpaired) electrons. The Morgan fingerprint density at radius 2 is 1.69 bits per heavy atom. The van der Waals surface area contributed by atoms with Crippen molar-refractivity contribution < 1.29 is 19.1 Å². The molecule has 1 amide bonds. The van der Waals surface area contributed by atoms with E-state index in [-0.39, 0.29) is 23.3 Å². The molecule has 1 atom stereocenters. The number of methoxy groups -OCH3 is 1. The highest BCUT2D eigenvalue weighted by Gasteiger charge is 2.35. The van der Waals surface area contributed by atoms with Crippen LogP contribution in [0.4, 0.5) is 0 Å². The fourth-order valence-corrected chi connectivity index (χ4v) is 4.46. The van der Waals surface area contributed by atoms with Crippen LogP contribution in [0.3, 0.4) is 0 Å². The van der Waals surface area contributed by atoms with Crippen molar-refractivity contribution in [2.45, 2.75) is 77.3 Å². The Morgan fingerprint density at radius 1 is 1.03 bits per heavy atom. The molecule has 5 nitrogen and oxygen atoms in total. The molecule has 3 rings (SSSR count). The lowest BCUT2D eigenvalue weighted by Crippen LogP contribution is -2.50. The van der Waals surface area contributed by atoms with E-state index in [0.717, 1.165) is 37.0 Å². The van der Waals surface area contributed by atoms with Crippen LogP contribution in [0.5, 0.6) is 11.5 Å². The predicted molar refractivity (Wildman–Crippen MR) is 126 cm³/mol. The van der Waals surface area contributed by atoms with Gasteiger partial charge in [0.2, 0.25) is 5.91 Å². The van der Waals surface area contributed by atoms with Crippen LogP contribution in [0.25, 0.3) is 0 Å². The summed E-state index contributed by atoms with van der Waals surface area (Å²) < 4.78 is 11.1. The second-order valence-electron chi connectivity index (χ2n) is 9.63. The molecule has 1 aliphatic carbocycles. The van der Waals surface area contributed by atoms with Gasteiger partial charge in [-0.05, 0) is 53.6 Å². The number of carbonyl (C=O) groups excluding carboxylic acids is 2. The number of ether oxygens (including phenoxy) is 2. The summed E-state index contributed by atoms with van der Waals surface area (Å²) in [7, 11) is 1.38. The topological polar surface area (TPSA) is 55.8 Å². The summed E-state index contributed by atoms with van der Waals surface area (Å²) in [6, 6.07) is 15.3. The van der Waals surface area contributed by atoms with Gasteiger partial charge in [-0.1, -0.05) is 57.9 Å². The van der Waals surface area contributed by atoms with Gasteiger partial charge in [-0.3, -0.25) is 4.79 Å². The summed E-state index contributed by atoms with van der Waals surface area (Å²) in [5.74, 6) is 0.996. The maximum Gasteiger partial charge on any atom is 0.328 e. The minimum Gasteiger partial charge on any atom is -0.467 e. The first-order valence-electron chi connectivity index (χ1n) is 11.4. The minimum absolute atomic E-state index is 0.0846. The number of amides is 1. The number of esters is 1. The fourth-order valence-electron chi connectivity index (χ4n) is 4.46. The summed E-state index contributed by atoms with van der Waals surface area (Å²) in [6.45, 7) is 8.08. The molecule has 1 saturated carbocycles. The van der Waals surface area contributed by atoms with Gasteiger partial charge < -0.3 is 14.4 Å². The standard InChI is InChI=1S/C27H35NO4/c1-19(29)28(22-10-6-7-11-22)25(26(30)31-5)18-20-9-8-12-24(17-20)32-23-15-13-21(14-16-23)27(2,3)4/h8-9,12-17,22,25H,6-7,10-11,18H2,1-5H3. The van der Waals surface area contributed by atoms with E-state index in [1.807, 2.05) is 36.4 Å². The van der Waals surface area contributed by atoms with E-state index >= 15 is 0 Å². The van der Waals surface area contributed by atoms with Crippen LogP contribution in [0.2, 0.25) is 0 Å². The first-order chi connectivity index (χ1) is 15.2. The lowest BCUT2D eigenvalue weighted by molar-refractivity contribution is -0.154. The molecule has 1 unspecified atom stereocenters. The second kappa shape index (κ2) is 10.2. The Hall–Kier alpha value is -2.82. The van der Waals surface area contributed by atoms with Gasteiger partial charge in [0.15, 0.2) is 0 Å². The van der Waals surface area contributed by atoms with Gasteiger partial charge in [0.05, 0.1) is 7.11 Å². The summed E-state index contributed by atoms with van der Waals surface area (Å²) >= 11 is 0. The van der Waals surface area contributed by atoms with Gasteiger partial charge in [-0.15, -0.1) is 0 Å². The van der Waals surface area contributed by atoms with Crippen molar-refractivity contribution in [3.8, 4) is 11.5 Å². The Morgan fingerprint density at radius 3 is 2.25 bits per heavy atom. The molecule has 2 aromatic carbocycles. The van der Waals surface area contributed by atoms with Crippen LogP contribution in [0.15, 0.2) is 48.5 Å². The highest BCUT2D eigenvalue weighted by molar-refractivity contribution is 5.84. The van der Waals surface area contributed by atoms with E-state index in [1.165, 1.54) is 19.6 Å². The number of carbonyl (C=O) groups is 2. The van der Waals surface area contributed by atoms with Gasteiger partial charge >= 0.3 is 5.97 Å². The van der Waals surface area contributed by atoms with E-state index in [2.05, 4.69) is 32.9 Å². The van der Waals surface area contributed by atoms with E-state index < -0.39 is 6.04 Å². The maximum atomic E-state index is 12.7. The number of rotatable bonds is 7. The molecule has 0 spiro atoms. The Labute approximate surface area is 191 Å². The van der Waals surface area contributed by atoms with Crippen LogP contribution < -0.4 is 4.74 Å². The number of hydrogen-bond donors (Lipinski definition) is 0. The molecule has 0 N–H and O–H groups in total. The summed E-state index contributed by atoms with van der Waals surface area (Å²) in [6.07, 6.45) is 4.42. The van der Waals surface area contributed by atoms with Crippen LogP contribution in [0.1, 0.15) is 64.5 Å². The Bertz CT molecular complexity index is 923. The van der Waals surface area contributed by atoms with Crippen molar-refractivity contribution in [3.05, 3.63) is 59.7 Å². The zero-order valence-corrected chi connectivity index (χ0v) is 19.9. The molecule has 32 heavy (non-hydrogen) atoms. The quantitative estimate of drug-likeness (QED) is 0.525. The third-order valence-electron chi connectivity index (χ3n) is 6.17. The van der Waals surface area contributed by atoms with Crippen molar-refractivity contribution in [1.82, 2.24) is 4.90 Å². The lowest BCUT2D eigenvalue weighted by Gasteiger charge is -2.34. The van der Waals surface area contributed by atoms with Crippen molar-refractivity contribution in [3.63, 3.8) is 0 Å². The average Bonchev–Trinajstić information content (AvgIpc) is 3.27. The van der Waals surface area contributed by atoms with Crippen molar-refractivity contribution >= 4 is 11.9 Å². The first-order valence-corrected chi connectivity index (χ1v) is 11.4. The molecule has 0 aromatic heterocycles. The van der Waals surface area contributed by atoms with E-state index in [9.17, 15) is 9.59 Å². The van der Waals surface area contributed by atoms with Crippen molar-refractivity contribution in [1.29, 1.82) is 0 Å². The molecule has 0 bridgehead atoms. The van der Waals surface area contributed by atoms with Gasteiger partial charge in [-0.25, -0.2) is 4.79 Å². The number of nitrogens with zero attached hydrogens (tertiary/aromatic N) is 1. The largest absolute Gasteiger partial charge is 0.467 e. The first kappa shape index (κ1) is 23.8. The molecule has 0 aliphatic heterocycles. The molecule has 1 aliphatic rings. The molecule has 2 aromatic rings. The SMILES string of the molecule is COC(=O)C(Cc1cccc(Oc2ccc(C(C)(C)C)cc2)c1)N(C(C)=O)C1CCCC1. The molecule has 0 saturated heterocycles. The maximum absolute atomic E-state index is 12.7. The van der Waals surface area contributed by atoms with E-state index in [1.54, 1.807) is 4.90 Å².